The molecule has 9 aromatic rings. The van der Waals surface area contributed by atoms with Gasteiger partial charge in [0.15, 0.2) is 0 Å². The highest BCUT2D eigenvalue weighted by Crippen LogP contribution is 2.45. The van der Waals surface area contributed by atoms with Gasteiger partial charge in [-0.05, 0) is 94.7 Å². The molecule has 0 bridgehead atoms. The minimum atomic E-state index is 0.692. The van der Waals surface area contributed by atoms with Gasteiger partial charge in [0.25, 0.3) is 0 Å². The molecule has 0 saturated heterocycles. The van der Waals surface area contributed by atoms with Crippen LogP contribution in [-0.2, 0) is 0 Å². The SMILES string of the molecule is Clc1cccc(N(c2cccc(-c3cccc4c3sc3c5ccccc5ccc43)c2)c2cccc(N(c3ccccc3)c3ccccc3)c2)c1. The molecule has 50 heavy (non-hydrogen) atoms. The second-order valence-corrected chi connectivity index (χ2v) is 13.8. The van der Waals surface area contributed by atoms with E-state index in [1.54, 1.807) is 0 Å². The fraction of sp³-hybridized carbons (Fsp3) is 0. The van der Waals surface area contributed by atoms with Crippen molar-refractivity contribution >= 4 is 88.0 Å². The van der Waals surface area contributed by atoms with E-state index in [9.17, 15) is 0 Å². The standard InChI is InChI=1S/C46H31ClN2S/c47-34-15-10-21-38(30-34)49(40-23-11-22-39(31-40)48(35-16-3-1-4-17-35)36-18-5-2-6-19-36)37-20-9-14-33(29-37)42-25-12-26-43-44-28-27-32-13-7-8-24-41(32)45(44)50-46(42)43/h1-31H. The molecule has 1 aromatic heterocycles. The van der Waals surface area contributed by atoms with Gasteiger partial charge in [0.1, 0.15) is 0 Å². The van der Waals surface area contributed by atoms with Crippen LogP contribution in [0.2, 0.25) is 5.02 Å². The maximum Gasteiger partial charge on any atom is 0.0482 e. The minimum Gasteiger partial charge on any atom is -0.310 e. The predicted octanol–water partition coefficient (Wildman–Crippen LogP) is 14.5. The van der Waals surface area contributed by atoms with Crippen molar-refractivity contribution in [2.75, 3.05) is 9.80 Å². The Morgan fingerprint density at radius 3 is 1.60 bits per heavy atom. The number of hydrogen-bond acceptors (Lipinski definition) is 3. The van der Waals surface area contributed by atoms with Crippen LogP contribution in [0.5, 0.6) is 0 Å². The number of benzene rings is 8. The monoisotopic (exact) mass is 678 g/mol. The lowest BCUT2D eigenvalue weighted by atomic mass is 10.0. The van der Waals surface area contributed by atoms with Crippen molar-refractivity contribution in [2.24, 2.45) is 0 Å². The Kier molecular flexibility index (Phi) is 7.77. The number of fused-ring (bicyclic) bond motifs is 5. The molecule has 0 fully saturated rings. The Morgan fingerprint density at radius 2 is 0.880 bits per heavy atom. The van der Waals surface area contributed by atoms with Gasteiger partial charge in [-0.25, -0.2) is 0 Å². The number of thiophene rings is 1. The summed E-state index contributed by atoms with van der Waals surface area (Å²) in [6.45, 7) is 0. The normalized spacial score (nSPS) is 11.3. The molecule has 1 heterocycles. The molecule has 0 unspecified atom stereocenters. The largest absolute Gasteiger partial charge is 0.310 e. The van der Waals surface area contributed by atoms with Crippen LogP contribution in [0.3, 0.4) is 0 Å². The van der Waals surface area contributed by atoms with E-state index in [2.05, 4.69) is 180 Å². The molecule has 0 aliphatic rings. The van der Waals surface area contributed by atoms with Gasteiger partial charge in [0.2, 0.25) is 0 Å². The van der Waals surface area contributed by atoms with Crippen LogP contribution in [0.15, 0.2) is 188 Å². The molecule has 0 N–H and O–H groups in total. The van der Waals surface area contributed by atoms with Crippen LogP contribution >= 0.6 is 22.9 Å². The fourth-order valence-electron chi connectivity index (χ4n) is 7.00. The predicted molar refractivity (Wildman–Crippen MR) is 217 cm³/mol. The average Bonchev–Trinajstić information content (AvgIpc) is 3.56. The van der Waals surface area contributed by atoms with Crippen molar-refractivity contribution in [2.45, 2.75) is 0 Å². The van der Waals surface area contributed by atoms with Crippen LogP contribution in [-0.4, -0.2) is 0 Å². The van der Waals surface area contributed by atoms with E-state index in [-0.39, 0.29) is 0 Å². The Balaban J connectivity index is 1.20. The second kappa shape index (κ2) is 12.9. The highest BCUT2D eigenvalue weighted by atomic mass is 35.5. The van der Waals surface area contributed by atoms with Gasteiger partial charge >= 0.3 is 0 Å². The maximum atomic E-state index is 6.64. The van der Waals surface area contributed by atoms with Crippen molar-refractivity contribution in [3.05, 3.63) is 193 Å². The molecular formula is C46H31ClN2S. The second-order valence-electron chi connectivity index (χ2n) is 12.3. The fourth-order valence-corrected chi connectivity index (χ4v) is 8.56. The highest BCUT2D eigenvalue weighted by Gasteiger charge is 2.19. The molecule has 238 valence electrons. The molecule has 0 aliphatic heterocycles. The third-order valence-electron chi connectivity index (χ3n) is 9.25. The molecule has 0 saturated carbocycles. The quantitative estimate of drug-likeness (QED) is 0.165. The van der Waals surface area contributed by atoms with E-state index < -0.39 is 0 Å². The average molecular weight is 679 g/mol. The first-order valence-electron chi connectivity index (χ1n) is 16.7. The van der Waals surface area contributed by atoms with Crippen LogP contribution < -0.4 is 9.80 Å². The summed E-state index contributed by atoms with van der Waals surface area (Å²) in [5, 5.41) is 5.86. The lowest BCUT2D eigenvalue weighted by Gasteiger charge is -2.29. The van der Waals surface area contributed by atoms with Crippen molar-refractivity contribution in [1.29, 1.82) is 0 Å². The van der Waals surface area contributed by atoms with E-state index in [1.807, 2.05) is 29.5 Å². The summed E-state index contributed by atoms with van der Waals surface area (Å²) < 4.78 is 2.63. The van der Waals surface area contributed by atoms with E-state index >= 15 is 0 Å². The van der Waals surface area contributed by atoms with Gasteiger partial charge in [-0.1, -0.05) is 127 Å². The highest BCUT2D eigenvalue weighted by molar-refractivity contribution is 7.27. The van der Waals surface area contributed by atoms with E-state index in [0.29, 0.717) is 5.02 Å². The zero-order valence-electron chi connectivity index (χ0n) is 27.1. The van der Waals surface area contributed by atoms with Gasteiger partial charge in [0.05, 0.1) is 0 Å². The summed E-state index contributed by atoms with van der Waals surface area (Å²) in [4.78, 5) is 4.59. The van der Waals surface area contributed by atoms with Crippen molar-refractivity contribution < 1.29 is 0 Å². The lowest BCUT2D eigenvalue weighted by molar-refractivity contribution is 1.25. The summed E-state index contributed by atoms with van der Waals surface area (Å²) in [5.74, 6) is 0. The van der Waals surface area contributed by atoms with E-state index in [4.69, 9.17) is 11.6 Å². The summed E-state index contributed by atoms with van der Waals surface area (Å²) in [5.41, 5.74) is 8.72. The first-order valence-corrected chi connectivity index (χ1v) is 17.9. The molecular weight excluding hydrogens is 648 g/mol. The van der Waals surface area contributed by atoms with Gasteiger partial charge in [0, 0.05) is 59.3 Å². The maximum absolute atomic E-state index is 6.64. The number of halogens is 1. The molecule has 8 aromatic carbocycles. The van der Waals surface area contributed by atoms with Crippen LogP contribution in [0.4, 0.5) is 34.1 Å². The van der Waals surface area contributed by atoms with Gasteiger partial charge < -0.3 is 9.80 Å². The number of nitrogens with zero attached hydrogens (tertiary/aromatic N) is 2. The van der Waals surface area contributed by atoms with Gasteiger partial charge in [-0.2, -0.15) is 0 Å². The summed E-state index contributed by atoms with van der Waals surface area (Å²) >= 11 is 8.53. The minimum absolute atomic E-state index is 0.692. The van der Waals surface area contributed by atoms with Crippen LogP contribution in [0.25, 0.3) is 42.1 Å². The summed E-state index contributed by atoms with van der Waals surface area (Å²) in [6.07, 6.45) is 0. The van der Waals surface area contributed by atoms with Crippen molar-refractivity contribution in [3.8, 4) is 11.1 Å². The third-order valence-corrected chi connectivity index (χ3v) is 10.8. The number of hydrogen-bond donors (Lipinski definition) is 0. The Hall–Kier alpha value is -5.87. The molecule has 0 radical (unpaired) electrons. The van der Waals surface area contributed by atoms with Crippen molar-refractivity contribution in [3.63, 3.8) is 0 Å². The van der Waals surface area contributed by atoms with Gasteiger partial charge in [-0.3, -0.25) is 0 Å². The molecule has 0 spiro atoms. The zero-order chi connectivity index (χ0) is 33.4. The number of para-hydroxylation sites is 2. The topological polar surface area (TPSA) is 6.48 Å². The Labute approximate surface area is 300 Å². The van der Waals surface area contributed by atoms with Crippen LogP contribution in [0, 0.1) is 0 Å². The molecule has 0 amide bonds. The first-order chi connectivity index (χ1) is 24.7. The first kappa shape index (κ1) is 30.2. The Morgan fingerprint density at radius 1 is 0.360 bits per heavy atom. The number of rotatable bonds is 7. The smallest absolute Gasteiger partial charge is 0.0482 e. The lowest BCUT2D eigenvalue weighted by Crippen LogP contribution is -2.13. The molecule has 9 rings (SSSR count). The molecule has 0 aliphatic carbocycles. The van der Waals surface area contributed by atoms with Crippen LogP contribution in [0.1, 0.15) is 0 Å². The van der Waals surface area contributed by atoms with E-state index in [0.717, 1.165) is 34.1 Å². The van der Waals surface area contributed by atoms with E-state index in [1.165, 1.54) is 42.1 Å². The third kappa shape index (κ3) is 5.47. The Bertz CT molecular complexity index is 2590. The van der Waals surface area contributed by atoms with Crippen molar-refractivity contribution in [1.82, 2.24) is 0 Å². The van der Waals surface area contributed by atoms with Gasteiger partial charge in [-0.15, -0.1) is 11.3 Å². The summed E-state index contributed by atoms with van der Waals surface area (Å²) in [6, 6.07) is 66.6. The summed E-state index contributed by atoms with van der Waals surface area (Å²) in [7, 11) is 0. The number of anilines is 6. The molecule has 2 nitrogen and oxygen atoms in total. The molecule has 4 heteroatoms. The molecule has 0 atom stereocenters. The zero-order valence-corrected chi connectivity index (χ0v) is 28.7.